The number of halogens is 2. The van der Waals surface area contributed by atoms with E-state index in [0.29, 0.717) is 11.6 Å². The number of nitrogens with two attached hydrogens (primary N) is 1. The first-order valence-corrected chi connectivity index (χ1v) is 6.95. The average molecular weight is 306 g/mol. The maximum absolute atomic E-state index is 14.0. The van der Waals surface area contributed by atoms with E-state index in [4.69, 9.17) is 5.73 Å². The number of nitrogens with one attached hydrogen (secondary N) is 1. The number of hydrogen-bond donors (Lipinski definition) is 2. The van der Waals surface area contributed by atoms with E-state index in [1.807, 2.05) is 18.2 Å². The molecule has 0 aromatic heterocycles. The second-order valence-corrected chi connectivity index (χ2v) is 5.50. The molecule has 0 amide bonds. The third kappa shape index (κ3) is 3.36. The van der Waals surface area contributed by atoms with Gasteiger partial charge in [-0.1, -0.05) is 38.2 Å². The molecule has 0 heterocycles. The van der Waals surface area contributed by atoms with Crippen LogP contribution in [0.4, 0.5) is 20.2 Å². The molecule has 0 aliphatic rings. The number of hydrogen-bond acceptors (Lipinski definition) is 2. The summed E-state index contributed by atoms with van der Waals surface area (Å²) < 4.78 is 27.9. The van der Waals surface area contributed by atoms with Crippen molar-refractivity contribution in [2.75, 3.05) is 5.32 Å². The van der Waals surface area contributed by atoms with Gasteiger partial charge >= 0.3 is 0 Å². The van der Waals surface area contributed by atoms with Gasteiger partial charge in [-0.25, -0.2) is 8.78 Å². The van der Waals surface area contributed by atoms with Crippen LogP contribution in [0.25, 0.3) is 0 Å². The molecule has 110 valence electrons. The van der Waals surface area contributed by atoms with Gasteiger partial charge in [-0.3, -0.25) is 0 Å². The Bertz CT molecular complexity index is 684. The normalized spacial score (nSPS) is 10.7. The minimum absolute atomic E-state index is 0.0495. The Hall–Kier alpha value is -2.01. The average Bonchev–Trinajstić information content (AvgIpc) is 2.44. The van der Waals surface area contributed by atoms with Crippen molar-refractivity contribution < 1.29 is 8.78 Å². The fourth-order valence-electron chi connectivity index (χ4n) is 1.97. The first-order chi connectivity index (χ1) is 9.90. The van der Waals surface area contributed by atoms with Crippen LogP contribution < -0.4 is 11.1 Å². The summed E-state index contributed by atoms with van der Waals surface area (Å²) in [6.45, 7) is 4.13. The Balaban J connectivity index is 2.34. The van der Waals surface area contributed by atoms with Gasteiger partial charge in [0, 0.05) is 11.3 Å². The molecule has 0 bridgehead atoms. The first-order valence-electron chi connectivity index (χ1n) is 6.55. The van der Waals surface area contributed by atoms with Crippen molar-refractivity contribution in [2.24, 2.45) is 5.73 Å². The molecule has 21 heavy (non-hydrogen) atoms. The quantitative estimate of drug-likeness (QED) is 0.819. The van der Waals surface area contributed by atoms with Crippen molar-refractivity contribution in [3.05, 3.63) is 59.2 Å². The summed E-state index contributed by atoms with van der Waals surface area (Å²) in [5, 5.41) is 2.88. The van der Waals surface area contributed by atoms with Gasteiger partial charge in [-0.05, 0) is 35.7 Å². The largest absolute Gasteiger partial charge is 0.389 e. The Kier molecular flexibility index (Phi) is 4.53. The Morgan fingerprint density at radius 2 is 1.86 bits per heavy atom. The van der Waals surface area contributed by atoms with Crippen LogP contribution in [-0.2, 0) is 0 Å². The molecule has 0 radical (unpaired) electrons. The third-order valence-electron chi connectivity index (χ3n) is 3.18. The number of anilines is 2. The fraction of sp³-hybridized carbons (Fsp3) is 0.188. The molecular weight excluding hydrogens is 290 g/mol. The maximum Gasteiger partial charge on any atom is 0.182 e. The van der Waals surface area contributed by atoms with Gasteiger partial charge in [0.25, 0.3) is 0 Å². The van der Waals surface area contributed by atoms with Crippen LogP contribution in [0.15, 0.2) is 36.4 Å². The van der Waals surface area contributed by atoms with Crippen LogP contribution in [0, 0.1) is 11.6 Å². The van der Waals surface area contributed by atoms with Crippen molar-refractivity contribution in [3.63, 3.8) is 0 Å². The summed E-state index contributed by atoms with van der Waals surface area (Å²) in [5.74, 6) is -1.67. The zero-order chi connectivity index (χ0) is 15.6. The summed E-state index contributed by atoms with van der Waals surface area (Å²) in [6, 6.07) is 10.4. The molecule has 0 aliphatic carbocycles. The fourth-order valence-corrected chi connectivity index (χ4v) is 2.12. The van der Waals surface area contributed by atoms with E-state index in [1.165, 1.54) is 12.1 Å². The molecule has 2 rings (SSSR count). The van der Waals surface area contributed by atoms with E-state index < -0.39 is 11.6 Å². The SMILES string of the molecule is CC(C)c1cccc(Nc2ccc(C(N)=S)c(F)c2F)c1. The van der Waals surface area contributed by atoms with Crippen LogP contribution in [0.1, 0.15) is 30.9 Å². The van der Waals surface area contributed by atoms with E-state index in [9.17, 15) is 8.78 Å². The minimum Gasteiger partial charge on any atom is -0.389 e. The van der Waals surface area contributed by atoms with Crippen molar-refractivity contribution >= 4 is 28.6 Å². The lowest BCUT2D eigenvalue weighted by Gasteiger charge is -2.12. The molecule has 0 atom stereocenters. The van der Waals surface area contributed by atoms with Gasteiger partial charge in [0.15, 0.2) is 11.6 Å². The van der Waals surface area contributed by atoms with Crippen molar-refractivity contribution in [2.45, 2.75) is 19.8 Å². The minimum atomic E-state index is -1.03. The molecule has 2 nitrogen and oxygen atoms in total. The zero-order valence-electron chi connectivity index (χ0n) is 11.8. The van der Waals surface area contributed by atoms with Gasteiger partial charge < -0.3 is 11.1 Å². The lowest BCUT2D eigenvalue weighted by atomic mass is 10.0. The summed E-state index contributed by atoms with van der Waals surface area (Å²) in [5.41, 5.74) is 7.11. The molecule has 0 spiro atoms. The predicted molar refractivity (Wildman–Crippen MR) is 86.1 cm³/mol. The van der Waals surface area contributed by atoms with Crippen LogP contribution in [0.3, 0.4) is 0 Å². The second-order valence-electron chi connectivity index (χ2n) is 5.06. The lowest BCUT2D eigenvalue weighted by Crippen LogP contribution is -2.13. The number of thiocarbonyl (C=S) groups is 1. The van der Waals surface area contributed by atoms with Gasteiger partial charge in [-0.15, -0.1) is 0 Å². The summed E-state index contributed by atoms with van der Waals surface area (Å²) in [4.78, 5) is -0.167. The van der Waals surface area contributed by atoms with Crippen LogP contribution in [0.5, 0.6) is 0 Å². The monoisotopic (exact) mass is 306 g/mol. The second kappa shape index (κ2) is 6.18. The van der Waals surface area contributed by atoms with Crippen LogP contribution in [-0.4, -0.2) is 4.99 Å². The van der Waals surface area contributed by atoms with Crippen molar-refractivity contribution in [1.29, 1.82) is 0 Å². The molecule has 0 saturated heterocycles. The lowest BCUT2D eigenvalue weighted by molar-refractivity contribution is 0.510. The zero-order valence-corrected chi connectivity index (χ0v) is 12.6. The Morgan fingerprint density at radius 3 is 2.48 bits per heavy atom. The summed E-state index contributed by atoms with van der Waals surface area (Å²) in [7, 11) is 0. The Morgan fingerprint density at radius 1 is 1.14 bits per heavy atom. The van der Waals surface area contributed by atoms with Gasteiger partial charge in [0.05, 0.1) is 5.69 Å². The van der Waals surface area contributed by atoms with Crippen LogP contribution in [0.2, 0.25) is 0 Å². The van der Waals surface area contributed by atoms with E-state index in [1.54, 1.807) is 6.07 Å². The maximum atomic E-state index is 14.0. The molecule has 0 aliphatic heterocycles. The predicted octanol–water partition coefficient (Wildman–Crippen LogP) is 4.47. The standard InChI is InChI=1S/C16H16F2N2S/c1-9(2)10-4-3-5-11(8-10)20-13-7-6-12(16(19)21)14(17)15(13)18/h3-9,20H,1-2H3,(H2,19,21). The van der Waals surface area contributed by atoms with Gasteiger partial charge in [0.2, 0.25) is 0 Å². The van der Waals surface area contributed by atoms with Crippen LogP contribution >= 0.6 is 12.2 Å². The van der Waals surface area contributed by atoms with Crippen molar-refractivity contribution in [3.8, 4) is 0 Å². The highest BCUT2D eigenvalue weighted by Gasteiger charge is 2.15. The van der Waals surface area contributed by atoms with Gasteiger partial charge in [-0.2, -0.15) is 0 Å². The molecule has 3 N–H and O–H groups in total. The van der Waals surface area contributed by atoms with E-state index >= 15 is 0 Å². The molecular formula is C16H16F2N2S. The van der Waals surface area contributed by atoms with E-state index in [-0.39, 0.29) is 16.2 Å². The summed E-state index contributed by atoms with van der Waals surface area (Å²) in [6.07, 6.45) is 0. The molecule has 2 aromatic rings. The molecule has 2 aromatic carbocycles. The Labute approximate surface area is 128 Å². The smallest absolute Gasteiger partial charge is 0.182 e. The third-order valence-corrected chi connectivity index (χ3v) is 3.40. The highest BCUT2D eigenvalue weighted by molar-refractivity contribution is 7.80. The van der Waals surface area contributed by atoms with Gasteiger partial charge in [0.1, 0.15) is 4.99 Å². The van der Waals surface area contributed by atoms with Crippen molar-refractivity contribution in [1.82, 2.24) is 0 Å². The topological polar surface area (TPSA) is 38.0 Å². The first kappa shape index (κ1) is 15.4. The highest BCUT2D eigenvalue weighted by Crippen LogP contribution is 2.26. The molecule has 0 fully saturated rings. The number of rotatable bonds is 4. The summed E-state index contributed by atoms with van der Waals surface area (Å²) >= 11 is 4.68. The molecule has 5 heteroatoms. The molecule has 0 saturated carbocycles. The molecule has 0 unspecified atom stereocenters. The highest BCUT2D eigenvalue weighted by atomic mass is 32.1. The van der Waals surface area contributed by atoms with E-state index in [2.05, 4.69) is 31.4 Å². The van der Waals surface area contributed by atoms with E-state index in [0.717, 1.165) is 5.56 Å². The number of benzene rings is 2.